The molecule has 0 N–H and O–H groups in total. The van der Waals surface area contributed by atoms with Crippen LogP contribution in [0.4, 0.5) is 0 Å². The molecule has 35 heavy (non-hydrogen) atoms. The molecule has 0 aliphatic carbocycles. The number of fused-ring (bicyclic) bond motifs is 5. The Morgan fingerprint density at radius 2 is 2.14 bits per heavy atom. The molecule has 11 heteroatoms. The molecular formula is C24H26ClN5O3S2. The van der Waals surface area contributed by atoms with Gasteiger partial charge < -0.3 is 9.64 Å². The van der Waals surface area contributed by atoms with E-state index in [1.165, 1.54) is 16.6 Å². The van der Waals surface area contributed by atoms with E-state index in [2.05, 4.69) is 29.1 Å². The molecule has 184 valence electrons. The van der Waals surface area contributed by atoms with Gasteiger partial charge in [0, 0.05) is 23.0 Å². The van der Waals surface area contributed by atoms with Crippen LogP contribution in [0.2, 0.25) is 5.02 Å². The maximum absolute atomic E-state index is 13.9. The van der Waals surface area contributed by atoms with E-state index in [1.807, 2.05) is 16.5 Å². The lowest BCUT2D eigenvalue weighted by Crippen LogP contribution is -2.27. The van der Waals surface area contributed by atoms with Crippen LogP contribution in [0, 0.1) is 0 Å². The fourth-order valence-corrected chi connectivity index (χ4v) is 6.72. The molecule has 0 saturated heterocycles. The van der Waals surface area contributed by atoms with Gasteiger partial charge in [-0.15, -0.1) is 21.5 Å². The smallest absolute Gasteiger partial charge is 0.316 e. The van der Waals surface area contributed by atoms with Crippen LogP contribution in [-0.4, -0.2) is 56.0 Å². The van der Waals surface area contributed by atoms with Gasteiger partial charge >= 0.3 is 5.97 Å². The van der Waals surface area contributed by atoms with Crippen molar-refractivity contribution in [1.29, 1.82) is 0 Å². The number of aromatic nitrogens is 4. The summed E-state index contributed by atoms with van der Waals surface area (Å²) in [5, 5.41) is 10.5. The number of thioether (sulfide) groups is 1. The number of carbonyl (C=O) groups excluding carboxylic acids is 1. The molecule has 0 spiro atoms. The molecule has 0 radical (unpaired) electrons. The number of hydrogen-bond donors (Lipinski definition) is 0. The Morgan fingerprint density at radius 1 is 1.29 bits per heavy atom. The molecule has 4 heterocycles. The molecule has 1 aliphatic rings. The quantitative estimate of drug-likeness (QED) is 0.187. The van der Waals surface area contributed by atoms with Gasteiger partial charge in [-0.3, -0.25) is 9.59 Å². The van der Waals surface area contributed by atoms with E-state index in [9.17, 15) is 9.59 Å². The third-order valence-electron chi connectivity index (χ3n) is 6.06. The minimum Gasteiger partial charge on any atom is -0.465 e. The van der Waals surface area contributed by atoms with Crippen LogP contribution in [0.3, 0.4) is 0 Å². The number of nitrogens with zero attached hydrogens (tertiary/aromatic N) is 5. The Kier molecular flexibility index (Phi) is 7.15. The average Bonchev–Trinajstić information content (AvgIpc) is 3.42. The van der Waals surface area contributed by atoms with Crippen LogP contribution in [-0.2, 0) is 22.5 Å². The average molecular weight is 532 g/mol. The Balaban J connectivity index is 1.61. The fourth-order valence-electron chi connectivity index (χ4n) is 4.33. The van der Waals surface area contributed by atoms with Crippen molar-refractivity contribution in [2.24, 2.45) is 0 Å². The van der Waals surface area contributed by atoms with Gasteiger partial charge in [-0.05, 0) is 43.7 Å². The standard InChI is InChI=1S/C24H26ClN5O3S2/c1-3-4-5-11-33-19(31)14-34-24-27-26-23-29(16-8-6-7-15(25)12-16)21(32)20-17-9-10-28(2)13-18(17)35-22(20)30(23)24/h6-8,12H,3-5,9-11,13-14H2,1-2H3. The normalized spacial score (nSPS) is 14.0. The maximum atomic E-state index is 13.9. The molecule has 0 unspecified atom stereocenters. The van der Waals surface area contributed by atoms with Crippen molar-refractivity contribution in [3.05, 3.63) is 50.1 Å². The molecule has 0 saturated carbocycles. The van der Waals surface area contributed by atoms with Crippen molar-refractivity contribution >= 4 is 56.7 Å². The zero-order chi connectivity index (χ0) is 24.5. The highest BCUT2D eigenvalue weighted by atomic mass is 35.5. The van der Waals surface area contributed by atoms with Crippen LogP contribution in [0.1, 0.15) is 36.6 Å². The molecule has 0 amide bonds. The number of halogens is 1. The number of thiophene rings is 1. The zero-order valence-electron chi connectivity index (χ0n) is 19.6. The van der Waals surface area contributed by atoms with Crippen molar-refractivity contribution < 1.29 is 9.53 Å². The first-order valence-corrected chi connectivity index (χ1v) is 13.8. The monoisotopic (exact) mass is 531 g/mol. The predicted octanol–water partition coefficient (Wildman–Crippen LogP) is 4.56. The molecule has 3 aromatic heterocycles. The summed E-state index contributed by atoms with van der Waals surface area (Å²) in [6, 6.07) is 7.16. The molecular weight excluding hydrogens is 506 g/mol. The van der Waals surface area contributed by atoms with Gasteiger partial charge in [-0.2, -0.15) is 0 Å². The second kappa shape index (κ2) is 10.3. The summed E-state index contributed by atoms with van der Waals surface area (Å²) in [5.74, 6) is 0.239. The van der Waals surface area contributed by atoms with Gasteiger partial charge in [0.1, 0.15) is 4.83 Å². The molecule has 5 rings (SSSR count). The summed E-state index contributed by atoms with van der Waals surface area (Å²) >= 11 is 9.13. The lowest BCUT2D eigenvalue weighted by molar-refractivity contribution is -0.140. The van der Waals surface area contributed by atoms with Crippen LogP contribution in [0.5, 0.6) is 0 Å². The lowest BCUT2D eigenvalue weighted by atomic mass is 10.1. The third-order valence-corrected chi connectivity index (χ3v) is 8.40. The van der Waals surface area contributed by atoms with Crippen LogP contribution >= 0.6 is 34.7 Å². The summed E-state index contributed by atoms with van der Waals surface area (Å²) in [5.41, 5.74) is 1.59. The number of likely N-dealkylation sites (N-methyl/N-ethyl adjacent to an activating group) is 1. The first kappa shape index (κ1) is 24.3. The maximum Gasteiger partial charge on any atom is 0.316 e. The third kappa shape index (κ3) is 4.72. The van der Waals surface area contributed by atoms with Crippen LogP contribution in [0.15, 0.2) is 34.2 Å². The first-order chi connectivity index (χ1) is 17.0. The Hall–Kier alpha value is -2.40. The number of hydrogen-bond acceptors (Lipinski definition) is 8. The van der Waals surface area contributed by atoms with Gasteiger partial charge in [0.25, 0.3) is 5.56 Å². The molecule has 1 aliphatic heterocycles. The highest BCUT2D eigenvalue weighted by Crippen LogP contribution is 2.35. The van der Waals surface area contributed by atoms with Gasteiger partial charge in [-0.1, -0.05) is 49.2 Å². The molecule has 1 aromatic carbocycles. The molecule has 4 aromatic rings. The summed E-state index contributed by atoms with van der Waals surface area (Å²) < 4.78 is 8.82. The summed E-state index contributed by atoms with van der Waals surface area (Å²) in [7, 11) is 2.08. The first-order valence-electron chi connectivity index (χ1n) is 11.6. The second-order valence-corrected chi connectivity index (χ2v) is 11.1. The Morgan fingerprint density at radius 3 is 2.94 bits per heavy atom. The van der Waals surface area contributed by atoms with Crippen molar-refractivity contribution in [1.82, 2.24) is 24.1 Å². The van der Waals surface area contributed by atoms with Crippen LogP contribution in [0.25, 0.3) is 21.7 Å². The summed E-state index contributed by atoms with van der Waals surface area (Å²) in [6.07, 6.45) is 3.77. The molecule has 8 nitrogen and oxygen atoms in total. The van der Waals surface area contributed by atoms with Crippen molar-refractivity contribution in [3.63, 3.8) is 0 Å². The van der Waals surface area contributed by atoms with E-state index in [0.717, 1.165) is 49.2 Å². The minimum atomic E-state index is -0.283. The van der Waals surface area contributed by atoms with E-state index >= 15 is 0 Å². The number of esters is 1. The van der Waals surface area contributed by atoms with Crippen molar-refractivity contribution in [2.75, 3.05) is 26.0 Å². The minimum absolute atomic E-state index is 0.124. The number of benzene rings is 1. The molecule has 0 bridgehead atoms. The van der Waals surface area contributed by atoms with Gasteiger partial charge in [-0.25, -0.2) is 8.97 Å². The van der Waals surface area contributed by atoms with E-state index in [-0.39, 0.29) is 17.3 Å². The number of rotatable bonds is 8. The van der Waals surface area contributed by atoms with Gasteiger partial charge in [0.05, 0.1) is 23.4 Å². The van der Waals surface area contributed by atoms with E-state index in [0.29, 0.717) is 33.6 Å². The number of unbranched alkanes of at least 4 members (excludes halogenated alkanes) is 2. The molecule has 0 atom stereocenters. The summed E-state index contributed by atoms with van der Waals surface area (Å²) in [6.45, 7) is 4.22. The van der Waals surface area contributed by atoms with Crippen molar-refractivity contribution in [3.8, 4) is 5.69 Å². The highest BCUT2D eigenvalue weighted by molar-refractivity contribution is 7.99. The van der Waals surface area contributed by atoms with E-state index < -0.39 is 0 Å². The Bertz CT molecular complexity index is 1460. The SMILES string of the molecule is CCCCCOC(=O)CSc1nnc2n(-c3cccc(Cl)c3)c(=O)c3c4c(sc3n12)CN(C)CC4. The van der Waals surface area contributed by atoms with E-state index in [1.54, 1.807) is 28.0 Å². The Labute approximate surface area is 215 Å². The molecule has 0 fully saturated rings. The second-order valence-electron chi connectivity index (χ2n) is 8.63. The number of carbonyl (C=O) groups is 1. The predicted molar refractivity (Wildman–Crippen MR) is 140 cm³/mol. The highest BCUT2D eigenvalue weighted by Gasteiger charge is 2.27. The zero-order valence-corrected chi connectivity index (χ0v) is 22.0. The number of ether oxygens (including phenoxy) is 1. The summed E-state index contributed by atoms with van der Waals surface area (Å²) in [4.78, 5) is 30.4. The lowest BCUT2D eigenvalue weighted by Gasteiger charge is -2.21. The van der Waals surface area contributed by atoms with Gasteiger partial charge in [0.2, 0.25) is 5.78 Å². The largest absolute Gasteiger partial charge is 0.465 e. The fraction of sp³-hybridized carbons (Fsp3) is 0.417. The topological polar surface area (TPSA) is 81.7 Å². The van der Waals surface area contributed by atoms with Gasteiger partial charge in [0.15, 0.2) is 5.16 Å². The van der Waals surface area contributed by atoms with Crippen LogP contribution < -0.4 is 5.56 Å². The van der Waals surface area contributed by atoms with Crippen molar-refractivity contribution in [2.45, 2.75) is 44.3 Å². The van der Waals surface area contributed by atoms with E-state index in [4.69, 9.17) is 16.3 Å².